The maximum absolute atomic E-state index is 12.9. The molecule has 0 saturated carbocycles. The van der Waals surface area contributed by atoms with E-state index in [1.807, 2.05) is 55.6 Å². The van der Waals surface area contributed by atoms with Crippen LogP contribution in [0, 0.1) is 0 Å². The van der Waals surface area contributed by atoms with Crippen molar-refractivity contribution in [2.45, 2.75) is 37.8 Å². The molecule has 2 aromatic carbocycles. The van der Waals surface area contributed by atoms with Gasteiger partial charge in [-0.25, -0.2) is 9.78 Å². The maximum atomic E-state index is 12.9. The summed E-state index contributed by atoms with van der Waals surface area (Å²) in [5, 5.41) is 14.4. The Balaban J connectivity index is 1.41. The zero-order valence-corrected chi connectivity index (χ0v) is 19.6. The lowest BCUT2D eigenvalue weighted by atomic mass is 9.98. The number of benzene rings is 2. The highest BCUT2D eigenvalue weighted by Crippen LogP contribution is 2.44. The third kappa shape index (κ3) is 5.51. The predicted molar refractivity (Wildman–Crippen MR) is 129 cm³/mol. The van der Waals surface area contributed by atoms with Gasteiger partial charge >= 0.3 is 12.1 Å². The molecule has 1 heterocycles. The summed E-state index contributed by atoms with van der Waals surface area (Å²) in [7, 11) is 1.82. The van der Waals surface area contributed by atoms with E-state index in [1.54, 1.807) is 24.0 Å². The summed E-state index contributed by atoms with van der Waals surface area (Å²) < 4.78 is 7.29. The summed E-state index contributed by atoms with van der Waals surface area (Å²) in [5.41, 5.74) is 5.02. The number of hydrogen-bond donors (Lipinski definition) is 3. The molecule has 0 spiro atoms. The molecule has 2 atom stereocenters. The van der Waals surface area contributed by atoms with Crippen LogP contribution < -0.4 is 10.6 Å². The Kier molecular flexibility index (Phi) is 7.14. The average Bonchev–Trinajstić information content (AvgIpc) is 3.41. The van der Waals surface area contributed by atoms with Crippen LogP contribution in [-0.2, 0) is 21.4 Å². The van der Waals surface area contributed by atoms with Crippen molar-refractivity contribution in [1.29, 1.82) is 0 Å². The highest BCUT2D eigenvalue weighted by Gasteiger charge is 2.30. The fourth-order valence-electron chi connectivity index (χ4n) is 4.36. The van der Waals surface area contributed by atoms with Gasteiger partial charge in [0.1, 0.15) is 12.6 Å². The number of carboxylic acids is 1. The van der Waals surface area contributed by atoms with Crippen LogP contribution in [0.3, 0.4) is 0 Å². The molecule has 9 heteroatoms. The molecule has 9 nitrogen and oxygen atoms in total. The summed E-state index contributed by atoms with van der Waals surface area (Å²) in [5.74, 6) is -1.68. The number of carboxylic acid groups (broad SMARTS) is 1. The third-order valence-corrected chi connectivity index (χ3v) is 6.13. The van der Waals surface area contributed by atoms with Gasteiger partial charge < -0.3 is 25.0 Å². The molecule has 2 amide bonds. The molecule has 1 aliphatic rings. The molecule has 35 heavy (non-hydrogen) atoms. The molecular formula is C26H28N4O5. The minimum atomic E-state index is -1.06. The lowest BCUT2D eigenvalue weighted by molar-refractivity contribution is -0.137. The normalized spacial score (nSPS) is 13.9. The summed E-state index contributed by atoms with van der Waals surface area (Å²) >= 11 is 0. The highest BCUT2D eigenvalue weighted by atomic mass is 16.5. The van der Waals surface area contributed by atoms with Crippen LogP contribution >= 0.6 is 0 Å². The quantitative estimate of drug-likeness (QED) is 0.435. The first-order valence-corrected chi connectivity index (χ1v) is 11.4. The van der Waals surface area contributed by atoms with Gasteiger partial charge in [0.2, 0.25) is 5.91 Å². The Morgan fingerprint density at radius 2 is 1.69 bits per heavy atom. The number of amides is 2. The molecule has 4 rings (SSSR count). The Morgan fingerprint density at radius 1 is 1.06 bits per heavy atom. The molecule has 0 fully saturated rings. The van der Waals surface area contributed by atoms with Crippen molar-refractivity contribution in [2.75, 3.05) is 6.61 Å². The van der Waals surface area contributed by atoms with Crippen LogP contribution in [0.15, 0.2) is 61.1 Å². The minimum Gasteiger partial charge on any atom is -0.481 e. The van der Waals surface area contributed by atoms with E-state index in [2.05, 4.69) is 15.6 Å². The standard InChI is InChI=1S/C26H28N4O5/c1-16(23-13-30(2)15-27-23)28-25(33)22(11-12-24(31)32)29-26(34)35-14-21-19-9-5-3-7-17(19)18-8-4-6-10-20(18)21/h3-10,13,15-16,21-22H,11-12,14H2,1-2H3,(H,28,33)(H,29,34)(H,31,32). The number of imidazole rings is 1. The van der Waals surface area contributed by atoms with Crippen LogP contribution in [-0.4, -0.2) is 45.3 Å². The second kappa shape index (κ2) is 10.4. The van der Waals surface area contributed by atoms with Gasteiger partial charge in [0.15, 0.2) is 0 Å². The molecule has 0 bridgehead atoms. The zero-order chi connectivity index (χ0) is 24.9. The van der Waals surface area contributed by atoms with E-state index in [0.29, 0.717) is 5.69 Å². The summed E-state index contributed by atoms with van der Waals surface area (Å²) in [6, 6.07) is 14.5. The van der Waals surface area contributed by atoms with Crippen molar-refractivity contribution in [3.8, 4) is 11.1 Å². The first kappa shape index (κ1) is 24.0. The Hall–Kier alpha value is -4.14. The number of alkyl carbamates (subject to hydrolysis) is 1. The predicted octanol–water partition coefficient (Wildman–Crippen LogP) is 3.37. The molecule has 0 saturated heterocycles. The number of rotatable bonds is 9. The second-order valence-corrected chi connectivity index (χ2v) is 8.65. The number of aryl methyl sites for hydroxylation is 1. The van der Waals surface area contributed by atoms with Gasteiger partial charge in [-0.3, -0.25) is 9.59 Å². The van der Waals surface area contributed by atoms with Crippen LogP contribution in [0.25, 0.3) is 11.1 Å². The second-order valence-electron chi connectivity index (χ2n) is 8.65. The lowest BCUT2D eigenvalue weighted by Crippen LogP contribution is -2.48. The molecule has 182 valence electrons. The lowest BCUT2D eigenvalue weighted by Gasteiger charge is -2.21. The number of fused-ring (bicyclic) bond motifs is 3. The number of aromatic nitrogens is 2. The molecule has 3 aromatic rings. The number of carbonyl (C=O) groups excluding carboxylic acids is 2. The summed E-state index contributed by atoms with van der Waals surface area (Å²) in [6.45, 7) is 1.86. The van der Waals surface area contributed by atoms with E-state index < -0.39 is 30.1 Å². The number of ether oxygens (including phenoxy) is 1. The van der Waals surface area contributed by atoms with Crippen molar-refractivity contribution >= 4 is 18.0 Å². The molecule has 2 unspecified atom stereocenters. The number of carbonyl (C=O) groups is 3. The van der Waals surface area contributed by atoms with Crippen molar-refractivity contribution in [3.05, 3.63) is 77.9 Å². The van der Waals surface area contributed by atoms with Gasteiger partial charge in [-0.1, -0.05) is 48.5 Å². The van der Waals surface area contributed by atoms with E-state index >= 15 is 0 Å². The van der Waals surface area contributed by atoms with E-state index in [4.69, 9.17) is 9.84 Å². The monoisotopic (exact) mass is 476 g/mol. The topological polar surface area (TPSA) is 123 Å². The number of aliphatic carboxylic acids is 1. The maximum Gasteiger partial charge on any atom is 0.407 e. The van der Waals surface area contributed by atoms with Crippen molar-refractivity contribution in [1.82, 2.24) is 20.2 Å². The van der Waals surface area contributed by atoms with Crippen molar-refractivity contribution < 1.29 is 24.2 Å². The van der Waals surface area contributed by atoms with E-state index in [0.717, 1.165) is 22.3 Å². The Labute approximate surface area is 203 Å². The SMILES string of the molecule is CC(NC(=O)C(CCC(=O)O)NC(=O)OCC1c2ccccc2-c2ccccc21)c1cn(C)cn1. The minimum absolute atomic E-state index is 0.0691. The number of nitrogens with one attached hydrogen (secondary N) is 2. The number of nitrogens with zero attached hydrogens (tertiary/aromatic N) is 2. The van der Waals surface area contributed by atoms with Gasteiger partial charge in [-0.15, -0.1) is 0 Å². The van der Waals surface area contributed by atoms with Gasteiger partial charge in [0, 0.05) is 25.6 Å². The van der Waals surface area contributed by atoms with Crippen LogP contribution in [0.4, 0.5) is 4.79 Å². The summed E-state index contributed by atoms with van der Waals surface area (Å²) in [4.78, 5) is 40.8. The molecule has 0 aliphatic heterocycles. The van der Waals surface area contributed by atoms with Crippen LogP contribution in [0.2, 0.25) is 0 Å². The van der Waals surface area contributed by atoms with Gasteiger partial charge in [-0.05, 0) is 35.6 Å². The van der Waals surface area contributed by atoms with E-state index in [1.165, 1.54) is 0 Å². The first-order valence-electron chi connectivity index (χ1n) is 11.4. The molecule has 1 aromatic heterocycles. The Morgan fingerprint density at radius 3 is 2.26 bits per heavy atom. The van der Waals surface area contributed by atoms with Crippen molar-refractivity contribution in [3.63, 3.8) is 0 Å². The fraction of sp³-hybridized carbons (Fsp3) is 0.308. The van der Waals surface area contributed by atoms with Crippen LogP contribution in [0.1, 0.15) is 48.5 Å². The smallest absolute Gasteiger partial charge is 0.407 e. The zero-order valence-electron chi connectivity index (χ0n) is 19.6. The van der Waals surface area contributed by atoms with E-state index in [-0.39, 0.29) is 25.4 Å². The molecule has 3 N–H and O–H groups in total. The van der Waals surface area contributed by atoms with E-state index in [9.17, 15) is 14.4 Å². The molecular weight excluding hydrogens is 448 g/mol. The Bertz CT molecular complexity index is 1190. The summed E-state index contributed by atoms with van der Waals surface area (Å²) in [6.07, 6.45) is 2.27. The molecule has 0 radical (unpaired) electrons. The van der Waals surface area contributed by atoms with Gasteiger partial charge in [0.05, 0.1) is 18.1 Å². The number of hydrogen-bond acceptors (Lipinski definition) is 5. The van der Waals surface area contributed by atoms with Crippen molar-refractivity contribution in [2.24, 2.45) is 7.05 Å². The largest absolute Gasteiger partial charge is 0.481 e. The first-order chi connectivity index (χ1) is 16.8. The van der Waals surface area contributed by atoms with Gasteiger partial charge in [0.25, 0.3) is 0 Å². The fourth-order valence-corrected chi connectivity index (χ4v) is 4.36. The average molecular weight is 477 g/mol. The third-order valence-electron chi connectivity index (χ3n) is 6.13. The van der Waals surface area contributed by atoms with Gasteiger partial charge in [-0.2, -0.15) is 0 Å². The van der Waals surface area contributed by atoms with Crippen LogP contribution in [0.5, 0.6) is 0 Å². The molecule has 1 aliphatic carbocycles. The highest BCUT2D eigenvalue weighted by molar-refractivity contribution is 5.86.